The van der Waals surface area contributed by atoms with Crippen LogP contribution in [-0.2, 0) is 29.2 Å². The van der Waals surface area contributed by atoms with E-state index in [9.17, 15) is 20.1 Å². The summed E-state index contributed by atoms with van der Waals surface area (Å²) >= 11 is 0. The molecule has 1 aliphatic heterocycles. The van der Waals surface area contributed by atoms with E-state index in [0.717, 1.165) is 27.8 Å². The van der Waals surface area contributed by atoms with E-state index >= 15 is 0 Å². The van der Waals surface area contributed by atoms with Crippen LogP contribution < -0.4 is 10.6 Å². The molecule has 0 saturated carbocycles. The highest BCUT2D eigenvalue weighted by molar-refractivity contribution is 5.73. The van der Waals surface area contributed by atoms with Gasteiger partial charge in [-0.25, -0.2) is 4.79 Å². The number of hydrogen-bond donors (Lipinski definition) is 5. The van der Waals surface area contributed by atoms with Crippen molar-refractivity contribution in [1.82, 2.24) is 15.5 Å². The molecule has 5 unspecified atom stereocenters. The van der Waals surface area contributed by atoms with Crippen LogP contribution in [0, 0.1) is 5.92 Å². The van der Waals surface area contributed by atoms with Crippen LogP contribution in [0.3, 0.4) is 0 Å². The second kappa shape index (κ2) is 15.8. The zero-order chi connectivity index (χ0) is 32.5. The van der Waals surface area contributed by atoms with E-state index in [1.54, 1.807) is 24.3 Å². The number of nitrogens with zero attached hydrogens (tertiary/aromatic N) is 1. The number of carbonyl (C=O) groups is 1. The molecular formula is C37H43N3O6. The van der Waals surface area contributed by atoms with Gasteiger partial charge >= 0.3 is 6.03 Å². The van der Waals surface area contributed by atoms with Crippen molar-refractivity contribution in [3.63, 3.8) is 0 Å². The van der Waals surface area contributed by atoms with Crippen LogP contribution in [0.4, 0.5) is 4.79 Å². The predicted molar refractivity (Wildman–Crippen MR) is 175 cm³/mol. The fraction of sp³-hybridized carbons (Fsp3) is 0.324. The van der Waals surface area contributed by atoms with E-state index in [2.05, 4.69) is 17.6 Å². The molecule has 4 aromatic rings. The molecule has 0 aliphatic carbocycles. The van der Waals surface area contributed by atoms with Crippen molar-refractivity contribution in [2.45, 2.75) is 51.2 Å². The van der Waals surface area contributed by atoms with Gasteiger partial charge in [0.05, 0.1) is 24.9 Å². The van der Waals surface area contributed by atoms with Gasteiger partial charge in [-0.3, -0.25) is 0 Å². The maximum absolute atomic E-state index is 12.3. The Morgan fingerprint density at radius 3 is 2.11 bits per heavy atom. The number of phenols is 1. The molecule has 242 valence electrons. The fourth-order valence-corrected chi connectivity index (χ4v) is 5.66. The number of hydrogen-bond acceptors (Lipinski definition) is 7. The summed E-state index contributed by atoms with van der Waals surface area (Å²) in [5.41, 5.74) is 5.30. The molecule has 1 saturated heterocycles. The lowest BCUT2D eigenvalue weighted by Crippen LogP contribution is -2.44. The number of nitrogens with one attached hydrogen (secondary N) is 2. The molecular weight excluding hydrogens is 582 g/mol. The predicted octanol–water partition coefficient (Wildman–Crippen LogP) is 5.34. The van der Waals surface area contributed by atoms with Gasteiger partial charge in [0.25, 0.3) is 0 Å². The number of aromatic hydroxyl groups is 1. The minimum absolute atomic E-state index is 0.0190. The van der Waals surface area contributed by atoms with Crippen molar-refractivity contribution in [1.29, 1.82) is 0 Å². The normalized spacial score (nSPS) is 20.3. The second-order valence-corrected chi connectivity index (χ2v) is 11.9. The van der Waals surface area contributed by atoms with Crippen molar-refractivity contribution < 1.29 is 29.6 Å². The summed E-state index contributed by atoms with van der Waals surface area (Å²) in [6, 6.07) is 31.8. The highest BCUT2D eigenvalue weighted by atomic mass is 16.7. The lowest BCUT2D eigenvalue weighted by atomic mass is 9.90. The summed E-state index contributed by atoms with van der Waals surface area (Å²) in [5, 5.41) is 36.0. The summed E-state index contributed by atoms with van der Waals surface area (Å²) < 4.78 is 13.1. The van der Waals surface area contributed by atoms with Gasteiger partial charge in [-0.15, -0.1) is 0 Å². The maximum atomic E-state index is 12.3. The number of aliphatic hydroxyl groups is 2. The molecule has 4 aromatic carbocycles. The van der Waals surface area contributed by atoms with Crippen molar-refractivity contribution >= 4 is 6.03 Å². The van der Waals surface area contributed by atoms with Crippen LogP contribution in [0.25, 0.3) is 0 Å². The number of rotatable bonds is 12. The van der Waals surface area contributed by atoms with E-state index in [0.29, 0.717) is 31.7 Å². The Hall–Kier alpha value is -4.25. The summed E-state index contributed by atoms with van der Waals surface area (Å²) in [7, 11) is 1.94. The Bertz CT molecular complexity index is 1530. The highest BCUT2D eigenvalue weighted by Crippen LogP contribution is 2.42. The van der Waals surface area contributed by atoms with Gasteiger partial charge in [0.15, 0.2) is 6.29 Å². The largest absolute Gasteiger partial charge is 0.508 e. The minimum Gasteiger partial charge on any atom is -0.508 e. The van der Waals surface area contributed by atoms with Gasteiger partial charge < -0.3 is 40.3 Å². The monoisotopic (exact) mass is 625 g/mol. The van der Waals surface area contributed by atoms with E-state index in [1.807, 2.05) is 90.8 Å². The third-order valence-corrected chi connectivity index (χ3v) is 8.36. The third-order valence-electron chi connectivity index (χ3n) is 8.36. The van der Waals surface area contributed by atoms with E-state index in [-0.39, 0.29) is 36.5 Å². The molecule has 46 heavy (non-hydrogen) atoms. The molecule has 0 radical (unpaired) electrons. The number of phenolic OH excluding ortho intramolecular Hbond substituents is 1. The lowest BCUT2D eigenvalue weighted by molar-refractivity contribution is -0.276. The molecule has 0 bridgehead atoms. The molecule has 9 nitrogen and oxygen atoms in total. The van der Waals surface area contributed by atoms with E-state index in [4.69, 9.17) is 9.47 Å². The molecule has 1 fully saturated rings. The molecule has 5 atom stereocenters. The summed E-state index contributed by atoms with van der Waals surface area (Å²) in [4.78, 5) is 14.4. The number of urea groups is 1. The van der Waals surface area contributed by atoms with Crippen molar-refractivity contribution in [3.05, 3.63) is 137 Å². The first kappa shape index (κ1) is 33.1. The first-order chi connectivity index (χ1) is 22.3. The van der Waals surface area contributed by atoms with Crippen LogP contribution in [0.1, 0.15) is 58.8 Å². The van der Waals surface area contributed by atoms with E-state index in [1.165, 1.54) is 0 Å². The van der Waals surface area contributed by atoms with Gasteiger partial charge in [-0.1, -0.05) is 97.9 Å². The summed E-state index contributed by atoms with van der Waals surface area (Å²) in [6.07, 6.45) is -1.90. The number of amides is 2. The SMILES string of the molecule is CC1C(CN(C)CC(O)c2cccc(O)c2)OC(c2ccc(CNC(=O)NCc3ccccc3)cc2)OC1c1ccc(CO)cc1. The smallest absolute Gasteiger partial charge is 0.315 e. The van der Waals surface area contributed by atoms with Crippen LogP contribution in [0.15, 0.2) is 103 Å². The Kier molecular flexibility index (Phi) is 11.4. The Balaban J connectivity index is 1.25. The Morgan fingerprint density at radius 1 is 0.826 bits per heavy atom. The number of carbonyl (C=O) groups excluding carboxylic acids is 1. The maximum Gasteiger partial charge on any atom is 0.315 e. The van der Waals surface area contributed by atoms with Crippen molar-refractivity contribution in [2.75, 3.05) is 20.1 Å². The average Bonchev–Trinajstić information content (AvgIpc) is 3.08. The number of ether oxygens (including phenoxy) is 2. The second-order valence-electron chi connectivity index (χ2n) is 11.9. The van der Waals surface area contributed by atoms with Crippen LogP contribution in [0.2, 0.25) is 0 Å². The summed E-state index contributed by atoms with van der Waals surface area (Å²) in [5.74, 6) is 0.0982. The van der Waals surface area contributed by atoms with Crippen LogP contribution in [0.5, 0.6) is 5.75 Å². The van der Waals surface area contributed by atoms with E-state index < -0.39 is 12.4 Å². The zero-order valence-electron chi connectivity index (χ0n) is 26.3. The van der Waals surface area contributed by atoms with Gasteiger partial charge in [0.2, 0.25) is 0 Å². The zero-order valence-corrected chi connectivity index (χ0v) is 26.3. The standard InChI is InChI=1S/C37H43N3O6/c1-25-34(23-40(2)22-33(43)31-9-6-10-32(42)19-31)45-36(46-35(25)29-15-13-28(24-41)14-16-29)30-17-11-27(12-18-30)21-39-37(44)38-20-26-7-4-3-5-8-26/h3-19,25,33-36,41-43H,20-24H2,1-2H3,(H2,38,39,44). The Labute approximate surface area is 270 Å². The van der Waals surface area contributed by atoms with Crippen molar-refractivity contribution in [3.8, 4) is 5.75 Å². The topological polar surface area (TPSA) is 124 Å². The fourth-order valence-electron chi connectivity index (χ4n) is 5.66. The molecule has 5 N–H and O–H groups in total. The molecule has 0 spiro atoms. The van der Waals surface area contributed by atoms with Crippen LogP contribution >= 0.6 is 0 Å². The van der Waals surface area contributed by atoms with Crippen LogP contribution in [-0.4, -0.2) is 52.5 Å². The number of aliphatic hydroxyl groups excluding tert-OH is 2. The highest BCUT2D eigenvalue weighted by Gasteiger charge is 2.39. The molecule has 2 amide bonds. The number of benzene rings is 4. The Morgan fingerprint density at radius 2 is 1.46 bits per heavy atom. The van der Waals surface area contributed by atoms with Gasteiger partial charge in [0.1, 0.15) is 5.75 Å². The molecule has 0 aromatic heterocycles. The lowest BCUT2D eigenvalue weighted by Gasteiger charge is -2.42. The quantitative estimate of drug-likeness (QED) is 0.144. The average molecular weight is 626 g/mol. The molecule has 5 rings (SSSR count). The number of likely N-dealkylation sites (N-methyl/N-ethyl adjacent to an activating group) is 1. The van der Waals surface area contributed by atoms with Gasteiger partial charge in [-0.05, 0) is 47.0 Å². The van der Waals surface area contributed by atoms with Gasteiger partial charge in [-0.2, -0.15) is 0 Å². The van der Waals surface area contributed by atoms with Crippen molar-refractivity contribution in [2.24, 2.45) is 5.92 Å². The molecule has 9 heteroatoms. The van der Waals surface area contributed by atoms with Gasteiger partial charge in [0, 0.05) is 37.7 Å². The first-order valence-corrected chi connectivity index (χ1v) is 15.6. The minimum atomic E-state index is -0.772. The third kappa shape index (κ3) is 8.93. The summed E-state index contributed by atoms with van der Waals surface area (Å²) in [6.45, 7) is 3.80. The molecule has 1 aliphatic rings. The molecule has 1 heterocycles. The first-order valence-electron chi connectivity index (χ1n) is 15.6.